The Morgan fingerprint density at radius 3 is 2.41 bits per heavy atom. The highest BCUT2D eigenvalue weighted by Gasteiger charge is 2.30. The van der Waals surface area contributed by atoms with Crippen molar-refractivity contribution in [2.75, 3.05) is 6.54 Å². The van der Waals surface area contributed by atoms with Gasteiger partial charge >= 0.3 is 0 Å². The predicted octanol–water partition coefficient (Wildman–Crippen LogP) is 4.39. The molecule has 2 aromatic carbocycles. The van der Waals surface area contributed by atoms with Crippen LogP contribution in [-0.4, -0.2) is 26.6 Å². The van der Waals surface area contributed by atoms with Crippen molar-refractivity contribution in [1.82, 2.24) is 4.90 Å². The molecule has 138 valence electrons. The number of hydrogen-bond donors (Lipinski definition) is 0. The van der Waals surface area contributed by atoms with Crippen LogP contribution in [0, 0.1) is 10.1 Å². The Kier molecular flexibility index (Phi) is 5.88. The number of carbonyl (C=O) groups is 1. The number of benzene rings is 2. The molecule has 1 saturated heterocycles. The summed E-state index contributed by atoms with van der Waals surface area (Å²) in [5.41, 5.74) is 1.78. The highest BCUT2D eigenvalue weighted by Crippen LogP contribution is 2.32. The molecule has 0 N–H and O–H groups in total. The first kappa shape index (κ1) is 19.1. The maximum Gasteiger partial charge on any atom is 0.269 e. The number of thioether (sulfide) groups is 1. The molecule has 0 aliphatic carbocycles. The van der Waals surface area contributed by atoms with Gasteiger partial charge in [-0.2, -0.15) is 0 Å². The molecule has 2 aromatic rings. The van der Waals surface area contributed by atoms with Gasteiger partial charge in [0.25, 0.3) is 11.6 Å². The second-order valence-corrected chi connectivity index (χ2v) is 7.38. The fourth-order valence-corrected chi connectivity index (χ4v) is 3.85. The monoisotopic (exact) mass is 400 g/mol. The maximum atomic E-state index is 12.2. The summed E-state index contributed by atoms with van der Waals surface area (Å²) in [6.45, 7) is 2.77. The van der Waals surface area contributed by atoms with Crippen molar-refractivity contribution < 1.29 is 14.5 Å². The molecule has 1 amide bonds. The summed E-state index contributed by atoms with van der Waals surface area (Å²) < 4.78 is 6.28. The lowest BCUT2D eigenvalue weighted by atomic mass is 10.2. The molecule has 1 fully saturated rings. The van der Waals surface area contributed by atoms with Crippen molar-refractivity contribution in [2.45, 2.75) is 13.5 Å². The lowest BCUT2D eigenvalue weighted by molar-refractivity contribution is -0.384. The zero-order valence-corrected chi connectivity index (χ0v) is 16.1. The van der Waals surface area contributed by atoms with Gasteiger partial charge < -0.3 is 4.74 Å². The molecule has 0 spiro atoms. The largest absolute Gasteiger partial charge is 0.489 e. The fraction of sp³-hybridized carbons (Fsp3) is 0.158. The third-order valence-electron chi connectivity index (χ3n) is 3.92. The Morgan fingerprint density at radius 1 is 1.19 bits per heavy atom. The molecule has 1 aliphatic rings. The number of non-ortho nitro benzene ring substituents is 1. The van der Waals surface area contributed by atoms with Crippen LogP contribution in [-0.2, 0) is 11.4 Å². The highest BCUT2D eigenvalue weighted by molar-refractivity contribution is 8.26. The summed E-state index contributed by atoms with van der Waals surface area (Å²) in [6, 6.07) is 13.6. The summed E-state index contributed by atoms with van der Waals surface area (Å²) in [5.74, 6) is 0.609. The second-order valence-electron chi connectivity index (χ2n) is 5.71. The Morgan fingerprint density at radius 2 is 1.85 bits per heavy atom. The van der Waals surface area contributed by atoms with Crippen LogP contribution in [0.3, 0.4) is 0 Å². The normalized spacial score (nSPS) is 15.4. The first-order valence-electron chi connectivity index (χ1n) is 8.19. The lowest BCUT2D eigenvalue weighted by Crippen LogP contribution is -2.27. The van der Waals surface area contributed by atoms with E-state index in [-0.39, 0.29) is 11.6 Å². The van der Waals surface area contributed by atoms with Gasteiger partial charge in [0, 0.05) is 18.7 Å². The molecule has 3 rings (SSSR count). The zero-order valence-electron chi connectivity index (χ0n) is 14.5. The smallest absolute Gasteiger partial charge is 0.269 e. The first-order valence-corrected chi connectivity index (χ1v) is 9.42. The van der Waals surface area contributed by atoms with E-state index in [0.717, 1.165) is 11.1 Å². The van der Waals surface area contributed by atoms with Gasteiger partial charge in [-0.05, 0) is 48.4 Å². The van der Waals surface area contributed by atoms with E-state index in [2.05, 4.69) is 0 Å². The van der Waals surface area contributed by atoms with Gasteiger partial charge in [-0.25, -0.2) is 0 Å². The van der Waals surface area contributed by atoms with Crippen molar-refractivity contribution in [3.63, 3.8) is 0 Å². The van der Waals surface area contributed by atoms with E-state index in [4.69, 9.17) is 17.0 Å². The molecule has 6 nitrogen and oxygen atoms in total. The number of nitro groups is 1. The summed E-state index contributed by atoms with van der Waals surface area (Å²) in [4.78, 5) is 24.6. The van der Waals surface area contributed by atoms with E-state index in [1.807, 2.05) is 37.3 Å². The Bertz CT molecular complexity index is 908. The molecule has 0 saturated carbocycles. The topological polar surface area (TPSA) is 72.7 Å². The minimum absolute atomic E-state index is 0.0524. The van der Waals surface area contributed by atoms with Crippen LogP contribution in [0.25, 0.3) is 6.08 Å². The number of hydrogen-bond acceptors (Lipinski definition) is 6. The Hall–Kier alpha value is -2.71. The molecule has 1 aliphatic heterocycles. The van der Waals surface area contributed by atoms with E-state index >= 15 is 0 Å². The van der Waals surface area contributed by atoms with E-state index in [9.17, 15) is 14.9 Å². The molecular weight excluding hydrogens is 384 g/mol. The van der Waals surface area contributed by atoms with E-state index in [1.165, 1.54) is 23.9 Å². The number of amides is 1. The van der Waals surface area contributed by atoms with Gasteiger partial charge in [-0.3, -0.25) is 19.8 Å². The SMILES string of the molecule is CCN1C(=O)/C(=C/c2ccc(OCc3ccc([N+](=O)[O-])cc3)cc2)SC1=S. The van der Waals surface area contributed by atoms with Crippen molar-refractivity contribution in [3.05, 3.63) is 74.7 Å². The number of thiocarbonyl (C=S) groups is 1. The molecule has 0 atom stereocenters. The Labute approximate surface area is 166 Å². The van der Waals surface area contributed by atoms with Gasteiger partial charge in [0.15, 0.2) is 0 Å². The fourth-order valence-electron chi connectivity index (χ4n) is 2.46. The summed E-state index contributed by atoms with van der Waals surface area (Å²) >= 11 is 6.51. The first-order chi connectivity index (χ1) is 13.0. The zero-order chi connectivity index (χ0) is 19.4. The number of likely N-dealkylation sites (N-methyl/N-ethyl adjacent to an activating group) is 1. The third-order valence-corrected chi connectivity index (χ3v) is 5.30. The Balaban J connectivity index is 1.62. The van der Waals surface area contributed by atoms with E-state index in [1.54, 1.807) is 17.0 Å². The van der Waals surface area contributed by atoms with Crippen LogP contribution in [0.2, 0.25) is 0 Å². The minimum Gasteiger partial charge on any atom is -0.489 e. The molecule has 8 heteroatoms. The quantitative estimate of drug-likeness (QED) is 0.310. The van der Waals surface area contributed by atoms with Crippen LogP contribution in [0.4, 0.5) is 5.69 Å². The van der Waals surface area contributed by atoms with Crippen LogP contribution < -0.4 is 4.74 Å². The average molecular weight is 400 g/mol. The van der Waals surface area contributed by atoms with Gasteiger partial charge in [0.2, 0.25) is 0 Å². The summed E-state index contributed by atoms with van der Waals surface area (Å²) in [6.07, 6.45) is 1.81. The van der Waals surface area contributed by atoms with E-state index < -0.39 is 4.92 Å². The van der Waals surface area contributed by atoms with Crippen LogP contribution >= 0.6 is 24.0 Å². The minimum atomic E-state index is -0.433. The number of rotatable bonds is 6. The van der Waals surface area contributed by atoms with Gasteiger partial charge in [0.1, 0.15) is 16.7 Å². The van der Waals surface area contributed by atoms with Crippen molar-refractivity contribution in [1.29, 1.82) is 0 Å². The molecule has 0 unspecified atom stereocenters. The molecule has 0 bridgehead atoms. The van der Waals surface area contributed by atoms with E-state index in [0.29, 0.717) is 28.1 Å². The van der Waals surface area contributed by atoms with Gasteiger partial charge in [-0.15, -0.1) is 0 Å². The summed E-state index contributed by atoms with van der Waals surface area (Å²) in [5, 5.41) is 10.7. The molecule has 0 aromatic heterocycles. The molecule has 27 heavy (non-hydrogen) atoms. The second kappa shape index (κ2) is 8.32. The van der Waals surface area contributed by atoms with Crippen molar-refractivity contribution in [2.24, 2.45) is 0 Å². The average Bonchev–Trinajstić information content (AvgIpc) is 2.94. The van der Waals surface area contributed by atoms with Gasteiger partial charge in [-0.1, -0.05) is 36.1 Å². The summed E-state index contributed by atoms with van der Waals surface area (Å²) in [7, 11) is 0. The molecule has 1 heterocycles. The van der Waals surface area contributed by atoms with Crippen molar-refractivity contribution in [3.8, 4) is 5.75 Å². The van der Waals surface area contributed by atoms with Crippen LogP contribution in [0.5, 0.6) is 5.75 Å². The number of ether oxygens (including phenoxy) is 1. The maximum absolute atomic E-state index is 12.2. The standard InChI is InChI=1S/C19H16N2O4S2/c1-2-20-18(22)17(27-19(20)26)11-13-5-9-16(10-6-13)25-12-14-3-7-15(8-4-14)21(23)24/h3-11H,2,12H2,1H3/b17-11-. The van der Waals surface area contributed by atoms with Crippen molar-refractivity contribution >= 4 is 46.0 Å². The molecule has 0 radical (unpaired) electrons. The predicted molar refractivity (Wildman–Crippen MR) is 109 cm³/mol. The third kappa shape index (κ3) is 4.53. The van der Waals surface area contributed by atoms with Crippen LogP contribution in [0.1, 0.15) is 18.1 Å². The molecular formula is C19H16N2O4S2. The lowest BCUT2D eigenvalue weighted by Gasteiger charge is -2.09. The highest BCUT2D eigenvalue weighted by atomic mass is 32.2. The van der Waals surface area contributed by atoms with Crippen LogP contribution in [0.15, 0.2) is 53.4 Å². The number of carbonyl (C=O) groups excluding carboxylic acids is 1. The number of nitro benzene ring substituents is 1. The number of nitrogens with zero attached hydrogens (tertiary/aromatic N) is 2. The van der Waals surface area contributed by atoms with Gasteiger partial charge in [0.05, 0.1) is 9.83 Å².